The van der Waals surface area contributed by atoms with Gasteiger partial charge in [0.2, 0.25) is 10.0 Å². The maximum atomic E-state index is 12.5. The van der Waals surface area contributed by atoms with Crippen LogP contribution >= 0.6 is 15.9 Å². The summed E-state index contributed by atoms with van der Waals surface area (Å²) in [7, 11) is -3.58. The van der Waals surface area contributed by atoms with Gasteiger partial charge in [-0.2, -0.15) is 0 Å². The van der Waals surface area contributed by atoms with Crippen LogP contribution in [0.2, 0.25) is 0 Å². The van der Waals surface area contributed by atoms with Crippen molar-refractivity contribution in [3.8, 4) is 0 Å². The van der Waals surface area contributed by atoms with Gasteiger partial charge in [0.15, 0.2) is 0 Å². The molecule has 0 atom stereocenters. The summed E-state index contributed by atoms with van der Waals surface area (Å²) in [5.74, 6) is 0. The first kappa shape index (κ1) is 14.4. The number of hydrogen-bond donors (Lipinski definition) is 1. The highest BCUT2D eigenvalue weighted by Crippen LogP contribution is 2.22. The van der Waals surface area contributed by atoms with Gasteiger partial charge in [-0.15, -0.1) is 0 Å². The predicted octanol–water partition coefficient (Wildman–Crippen LogP) is 2.69. The van der Waals surface area contributed by atoms with E-state index in [9.17, 15) is 8.42 Å². The summed E-state index contributed by atoms with van der Waals surface area (Å²) < 4.78 is 27.6. The molecule has 1 heterocycles. The molecule has 1 N–H and O–H groups in total. The van der Waals surface area contributed by atoms with Crippen molar-refractivity contribution in [2.24, 2.45) is 0 Å². The van der Waals surface area contributed by atoms with Crippen LogP contribution in [0, 0.1) is 0 Å². The van der Waals surface area contributed by atoms with Gasteiger partial charge < -0.3 is 0 Å². The van der Waals surface area contributed by atoms with Crippen molar-refractivity contribution in [3.63, 3.8) is 0 Å². The third-order valence-electron chi connectivity index (χ3n) is 2.64. The van der Waals surface area contributed by atoms with E-state index < -0.39 is 15.6 Å². The van der Waals surface area contributed by atoms with Gasteiger partial charge in [0.05, 0.1) is 10.4 Å². The Labute approximate surface area is 121 Å². The molecule has 0 aliphatic rings. The highest BCUT2D eigenvalue weighted by Gasteiger charge is 2.26. The summed E-state index contributed by atoms with van der Waals surface area (Å²) in [6.07, 6.45) is 1.65. The predicted molar refractivity (Wildman–Crippen MR) is 79.9 cm³/mol. The van der Waals surface area contributed by atoms with Gasteiger partial charge in [-0.1, -0.05) is 22.0 Å². The van der Waals surface area contributed by atoms with Gasteiger partial charge in [-0.05, 0) is 38.1 Å². The molecular formula is C13H15BrN2O2S. The smallest absolute Gasteiger partial charge is 0.241 e. The summed E-state index contributed by atoms with van der Waals surface area (Å²) in [5.41, 5.74) is 0.116. The lowest BCUT2D eigenvalue weighted by atomic mass is 10.1. The minimum absolute atomic E-state index is 0.257. The summed E-state index contributed by atoms with van der Waals surface area (Å²) in [4.78, 5) is 4.43. The van der Waals surface area contributed by atoms with E-state index in [4.69, 9.17) is 0 Å². The molecule has 0 amide bonds. The zero-order valence-corrected chi connectivity index (χ0v) is 13.1. The first-order valence-electron chi connectivity index (χ1n) is 5.79. The molecule has 1 aromatic heterocycles. The van der Waals surface area contributed by atoms with Gasteiger partial charge in [0.1, 0.15) is 0 Å². The molecule has 0 aliphatic carbocycles. The molecule has 102 valence electrons. The van der Waals surface area contributed by atoms with E-state index in [1.54, 1.807) is 36.5 Å². The zero-order valence-electron chi connectivity index (χ0n) is 10.7. The third kappa shape index (κ3) is 3.13. The van der Waals surface area contributed by atoms with Gasteiger partial charge >= 0.3 is 0 Å². The number of rotatable bonds is 4. The molecule has 0 bridgehead atoms. The van der Waals surface area contributed by atoms with E-state index in [1.807, 2.05) is 13.8 Å². The lowest BCUT2D eigenvalue weighted by Gasteiger charge is -2.23. The van der Waals surface area contributed by atoms with Crippen molar-refractivity contribution >= 4 is 36.9 Å². The van der Waals surface area contributed by atoms with E-state index in [-0.39, 0.29) is 4.90 Å². The summed E-state index contributed by atoms with van der Waals surface area (Å²) in [6, 6.07) is 8.58. The Morgan fingerprint density at radius 1 is 1.26 bits per heavy atom. The van der Waals surface area contributed by atoms with Crippen LogP contribution in [0.1, 0.15) is 13.8 Å². The minimum Gasteiger partial charge on any atom is -0.256 e. The van der Waals surface area contributed by atoms with E-state index in [0.29, 0.717) is 16.2 Å². The summed E-state index contributed by atoms with van der Waals surface area (Å²) >= 11 is 3.31. The van der Waals surface area contributed by atoms with E-state index in [1.165, 1.54) is 0 Å². The van der Waals surface area contributed by atoms with Crippen LogP contribution in [0.4, 0.5) is 0 Å². The van der Waals surface area contributed by atoms with Crippen LogP contribution in [-0.4, -0.2) is 24.3 Å². The fourth-order valence-corrected chi connectivity index (χ4v) is 3.71. The van der Waals surface area contributed by atoms with Gasteiger partial charge in [-0.3, -0.25) is 4.98 Å². The lowest BCUT2D eigenvalue weighted by molar-refractivity contribution is 0.501. The van der Waals surface area contributed by atoms with E-state index in [0.717, 1.165) is 0 Å². The van der Waals surface area contributed by atoms with Gasteiger partial charge in [-0.25, -0.2) is 13.1 Å². The highest BCUT2D eigenvalue weighted by atomic mass is 79.9. The molecule has 2 rings (SSSR count). The molecule has 0 radical (unpaired) electrons. The zero-order chi connectivity index (χ0) is 14.1. The molecule has 19 heavy (non-hydrogen) atoms. The average molecular weight is 343 g/mol. The molecule has 0 unspecified atom stereocenters. The molecule has 0 aliphatic heterocycles. The molecule has 1 aromatic carbocycles. The number of sulfonamides is 1. The third-order valence-corrected chi connectivity index (χ3v) is 5.80. The number of halogens is 1. The summed E-state index contributed by atoms with van der Waals surface area (Å²) in [5, 5.41) is 1.16. The molecule has 2 aromatic rings. The van der Waals surface area contributed by atoms with Crippen molar-refractivity contribution in [3.05, 3.63) is 36.5 Å². The lowest BCUT2D eigenvalue weighted by Crippen LogP contribution is -2.44. The van der Waals surface area contributed by atoms with Gasteiger partial charge in [0, 0.05) is 22.5 Å². The van der Waals surface area contributed by atoms with Crippen molar-refractivity contribution in [1.29, 1.82) is 0 Å². The first-order chi connectivity index (χ1) is 8.86. The minimum atomic E-state index is -3.58. The normalized spacial score (nSPS) is 12.8. The average Bonchev–Trinajstić information content (AvgIpc) is 2.37. The Balaban J connectivity index is 2.55. The second-order valence-corrected chi connectivity index (χ2v) is 7.16. The number of nitrogens with zero attached hydrogens (tertiary/aromatic N) is 1. The Kier molecular flexibility index (Phi) is 3.94. The largest absolute Gasteiger partial charge is 0.256 e. The molecule has 4 nitrogen and oxygen atoms in total. The van der Waals surface area contributed by atoms with E-state index >= 15 is 0 Å². The number of hydrogen-bond acceptors (Lipinski definition) is 3. The molecule has 0 spiro atoms. The molecular weight excluding hydrogens is 328 g/mol. The standard InChI is InChI=1S/C13H15BrN2O2S/c1-13(2,9-14)16-19(17,18)12-7-3-6-11-10(12)5-4-8-15-11/h3-8,16H,9H2,1-2H3. The number of fused-ring (bicyclic) bond motifs is 1. The topological polar surface area (TPSA) is 59.1 Å². The Morgan fingerprint density at radius 2 is 2.00 bits per heavy atom. The highest BCUT2D eigenvalue weighted by molar-refractivity contribution is 9.09. The maximum Gasteiger partial charge on any atom is 0.241 e. The summed E-state index contributed by atoms with van der Waals surface area (Å²) in [6.45, 7) is 3.64. The van der Waals surface area contributed by atoms with Crippen LogP contribution in [0.5, 0.6) is 0 Å². The quantitative estimate of drug-likeness (QED) is 0.869. The van der Waals surface area contributed by atoms with Crippen LogP contribution < -0.4 is 4.72 Å². The van der Waals surface area contributed by atoms with Crippen LogP contribution in [0.25, 0.3) is 10.9 Å². The SMILES string of the molecule is CC(C)(CBr)NS(=O)(=O)c1cccc2ncccc12. The fourth-order valence-electron chi connectivity index (χ4n) is 1.76. The van der Waals surface area contributed by atoms with Gasteiger partial charge in [0.25, 0.3) is 0 Å². The number of benzene rings is 1. The number of alkyl halides is 1. The van der Waals surface area contributed by atoms with Crippen LogP contribution in [0.15, 0.2) is 41.4 Å². The molecule has 0 saturated carbocycles. The molecule has 6 heteroatoms. The second-order valence-electron chi connectivity index (χ2n) is 4.95. The maximum absolute atomic E-state index is 12.5. The number of aromatic nitrogens is 1. The Hall–Kier alpha value is -0.980. The van der Waals surface area contributed by atoms with Crippen molar-refractivity contribution in [1.82, 2.24) is 9.71 Å². The van der Waals surface area contributed by atoms with Crippen LogP contribution in [-0.2, 0) is 10.0 Å². The number of nitrogens with one attached hydrogen (secondary N) is 1. The molecule has 0 saturated heterocycles. The van der Waals surface area contributed by atoms with E-state index in [2.05, 4.69) is 25.6 Å². The number of pyridine rings is 1. The Bertz CT molecular complexity index is 693. The van der Waals surface area contributed by atoms with Crippen LogP contribution in [0.3, 0.4) is 0 Å². The monoisotopic (exact) mass is 342 g/mol. The second kappa shape index (κ2) is 5.19. The van der Waals surface area contributed by atoms with Crippen molar-refractivity contribution < 1.29 is 8.42 Å². The Morgan fingerprint density at radius 3 is 2.68 bits per heavy atom. The van der Waals surface area contributed by atoms with Crippen molar-refractivity contribution in [2.75, 3.05) is 5.33 Å². The fraction of sp³-hybridized carbons (Fsp3) is 0.308. The molecule has 0 fully saturated rings. The van der Waals surface area contributed by atoms with Crippen molar-refractivity contribution in [2.45, 2.75) is 24.3 Å². The first-order valence-corrected chi connectivity index (χ1v) is 8.40.